The van der Waals surface area contributed by atoms with Crippen molar-refractivity contribution in [3.63, 3.8) is 0 Å². The van der Waals surface area contributed by atoms with E-state index in [9.17, 15) is 9.90 Å². The minimum atomic E-state index is -0.273. The number of phenols is 1. The van der Waals surface area contributed by atoms with Crippen LogP contribution in [0.3, 0.4) is 0 Å². The molecule has 0 radical (unpaired) electrons. The third kappa shape index (κ3) is 2.95. The van der Waals surface area contributed by atoms with Gasteiger partial charge in [-0.25, -0.2) is 10.5 Å². The Labute approximate surface area is 157 Å². The van der Waals surface area contributed by atoms with Gasteiger partial charge < -0.3 is 9.94 Å². The number of halogens is 1. The lowest BCUT2D eigenvalue weighted by atomic mass is 10.0. The topological polar surface area (TPSA) is 70.9 Å². The first kappa shape index (κ1) is 16.4. The van der Waals surface area contributed by atoms with Crippen LogP contribution in [0.4, 0.5) is 0 Å². The molecule has 128 valence electrons. The molecule has 1 heterocycles. The second-order valence-corrected chi connectivity index (χ2v) is 6.62. The molecule has 4 rings (SSSR count). The molecule has 3 aromatic rings. The Kier molecular flexibility index (Phi) is 4.18. The van der Waals surface area contributed by atoms with E-state index in [1.165, 1.54) is 6.26 Å². The van der Waals surface area contributed by atoms with E-state index in [-0.39, 0.29) is 23.1 Å². The molecule has 6 heteroatoms. The number of hydroxylamine groups is 1. The van der Waals surface area contributed by atoms with Crippen molar-refractivity contribution in [2.45, 2.75) is 0 Å². The summed E-state index contributed by atoms with van der Waals surface area (Å²) in [6.45, 7) is 0. The number of hydrogen-bond donors (Lipinski definition) is 2. The zero-order valence-corrected chi connectivity index (χ0v) is 15.0. The van der Waals surface area contributed by atoms with Crippen LogP contribution in [0.2, 0.25) is 0 Å². The van der Waals surface area contributed by atoms with Crippen molar-refractivity contribution >= 4 is 38.3 Å². The summed E-state index contributed by atoms with van der Waals surface area (Å²) >= 11 is 3.36. The number of carbonyl (C=O) groups is 1. The molecule has 5 nitrogen and oxygen atoms in total. The number of rotatable bonds is 3. The van der Waals surface area contributed by atoms with Crippen LogP contribution in [0.15, 0.2) is 82.1 Å². The van der Waals surface area contributed by atoms with Crippen LogP contribution < -0.4 is 5.48 Å². The van der Waals surface area contributed by atoms with Crippen LogP contribution in [0.1, 0.15) is 15.9 Å². The summed E-state index contributed by atoms with van der Waals surface area (Å²) in [5.41, 5.74) is 3.78. The minimum Gasteiger partial charge on any atom is -0.507 e. The highest BCUT2D eigenvalue weighted by Gasteiger charge is 2.21. The molecule has 0 amide bonds. The summed E-state index contributed by atoms with van der Waals surface area (Å²) < 4.78 is 0.801. The van der Waals surface area contributed by atoms with Gasteiger partial charge in [-0.15, -0.1) is 0 Å². The lowest BCUT2D eigenvalue weighted by Crippen LogP contribution is -2.27. The fourth-order valence-corrected chi connectivity index (χ4v) is 3.21. The number of nitrogens with zero attached hydrogens (tertiary/aromatic N) is 1. The molecule has 3 aromatic carbocycles. The molecule has 0 bridgehead atoms. The highest BCUT2D eigenvalue weighted by Crippen LogP contribution is 2.28. The maximum atomic E-state index is 12.7. The molecule has 0 aromatic heterocycles. The number of allylic oxidation sites excluding steroid dienone is 1. The number of hydrogen-bond acceptors (Lipinski definition) is 5. The summed E-state index contributed by atoms with van der Waals surface area (Å²) in [5.74, 6) is 0.0554. The smallest absolute Gasteiger partial charge is 0.214 e. The maximum absolute atomic E-state index is 12.7. The molecule has 0 saturated carbocycles. The van der Waals surface area contributed by atoms with Gasteiger partial charge >= 0.3 is 0 Å². The second kappa shape index (κ2) is 6.65. The van der Waals surface area contributed by atoms with E-state index in [0.717, 1.165) is 15.2 Å². The van der Waals surface area contributed by atoms with Crippen LogP contribution in [0.5, 0.6) is 5.75 Å². The predicted octanol–water partition coefficient (Wildman–Crippen LogP) is 4.31. The van der Waals surface area contributed by atoms with E-state index >= 15 is 0 Å². The van der Waals surface area contributed by atoms with Gasteiger partial charge in [-0.3, -0.25) is 4.79 Å². The van der Waals surface area contributed by atoms with Crippen molar-refractivity contribution in [1.82, 2.24) is 5.48 Å². The van der Waals surface area contributed by atoms with Gasteiger partial charge in [-0.2, -0.15) is 0 Å². The average Bonchev–Trinajstić information content (AvgIpc) is 2.67. The molecular formula is C20H13BrN2O3. The number of nitrogens with one attached hydrogen (secondary N) is 1. The Morgan fingerprint density at radius 1 is 1.08 bits per heavy atom. The van der Waals surface area contributed by atoms with Crippen molar-refractivity contribution in [2.24, 2.45) is 4.99 Å². The summed E-state index contributed by atoms with van der Waals surface area (Å²) in [6.07, 6.45) is 1.26. The average molecular weight is 409 g/mol. The van der Waals surface area contributed by atoms with E-state index in [1.54, 1.807) is 24.3 Å². The van der Waals surface area contributed by atoms with Gasteiger partial charge in [0.15, 0.2) is 11.5 Å². The second-order valence-electron chi connectivity index (χ2n) is 5.70. The Morgan fingerprint density at radius 2 is 1.92 bits per heavy atom. The molecule has 0 fully saturated rings. The fourth-order valence-electron chi connectivity index (χ4n) is 2.81. The van der Waals surface area contributed by atoms with E-state index in [2.05, 4.69) is 26.4 Å². The fraction of sp³-hybridized carbons (Fsp3) is 0. The number of carbonyl (C=O) groups excluding carboxylic acids is 1. The van der Waals surface area contributed by atoms with Crippen LogP contribution >= 0.6 is 15.9 Å². The number of aliphatic imine (C=N–C) groups is 1. The van der Waals surface area contributed by atoms with Crippen LogP contribution in [-0.4, -0.2) is 16.7 Å². The predicted molar refractivity (Wildman–Crippen MR) is 103 cm³/mol. The molecule has 1 aliphatic rings. The molecular weight excluding hydrogens is 396 g/mol. The third-order valence-corrected chi connectivity index (χ3v) is 4.51. The first-order valence-electron chi connectivity index (χ1n) is 7.85. The van der Waals surface area contributed by atoms with Gasteiger partial charge in [-0.05, 0) is 29.0 Å². The first-order valence-corrected chi connectivity index (χ1v) is 8.64. The quantitative estimate of drug-likeness (QED) is 0.633. The van der Waals surface area contributed by atoms with Crippen LogP contribution in [-0.2, 0) is 4.84 Å². The summed E-state index contributed by atoms with van der Waals surface area (Å²) in [5, 5.41) is 12.1. The Hall–Kier alpha value is -3.12. The summed E-state index contributed by atoms with van der Waals surface area (Å²) in [6, 6.07) is 18.1. The number of Topliss-reactive ketones (excluding diaryl/α,β-unsaturated/α-hetero) is 1. The molecule has 0 atom stereocenters. The van der Waals surface area contributed by atoms with E-state index < -0.39 is 0 Å². The lowest BCUT2D eigenvalue weighted by Gasteiger charge is -2.17. The molecule has 1 aliphatic heterocycles. The molecule has 0 aliphatic carbocycles. The summed E-state index contributed by atoms with van der Waals surface area (Å²) in [7, 11) is 0. The molecule has 26 heavy (non-hydrogen) atoms. The number of ketones is 1. The Morgan fingerprint density at radius 3 is 2.77 bits per heavy atom. The standard InChI is InChI=1S/C20H13BrN2O3/c21-14-6-3-5-13(10-14)19(25)16-11-26-23-20(22-16)18-15-7-2-1-4-12(15)8-9-17(18)24/h1-11,24H,(H,22,23). The van der Waals surface area contributed by atoms with Crippen molar-refractivity contribution in [3.8, 4) is 5.75 Å². The van der Waals surface area contributed by atoms with E-state index in [4.69, 9.17) is 4.84 Å². The number of amidine groups is 1. The maximum Gasteiger partial charge on any atom is 0.214 e. The SMILES string of the molecule is O=C(C1=CONC(c2c(O)ccc3ccccc23)=N1)c1cccc(Br)c1. The van der Waals surface area contributed by atoms with E-state index in [1.807, 2.05) is 36.4 Å². The Bertz CT molecular complexity index is 1090. The van der Waals surface area contributed by atoms with Gasteiger partial charge in [0.1, 0.15) is 12.0 Å². The highest BCUT2D eigenvalue weighted by atomic mass is 79.9. The van der Waals surface area contributed by atoms with Gasteiger partial charge in [0.2, 0.25) is 5.78 Å². The zero-order valence-electron chi connectivity index (χ0n) is 13.4. The van der Waals surface area contributed by atoms with Crippen molar-refractivity contribution in [3.05, 3.63) is 88.2 Å². The Balaban J connectivity index is 1.79. The zero-order chi connectivity index (χ0) is 18.1. The van der Waals surface area contributed by atoms with E-state index in [0.29, 0.717) is 11.1 Å². The van der Waals surface area contributed by atoms with Crippen molar-refractivity contribution in [1.29, 1.82) is 0 Å². The van der Waals surface area contributed by atoms with Gasteiger partial charge in [0, 0.05) is 10.0 Å². The number of fused-ring (bicyclic) bond motifs is 1. The highest BCUT2D eigenvalue weighted by molar-refractivity contribution is 9.10. The third-order valence-electron chi connectivity index (χ3n) is 4.02. The van der Waals surface area contributed by atoms with Crippen LogP contribution in [0, 0.1) is 0 Å². The molecule has 0 saturated heterocycles. The summed E-state index contributed by atoms with van der Waals surface area (Å²) in [4.78, 5) is 22.3. The molecule has 0 unspecified atom stereocenters. The molecule has 2 N–H and O–H groups in total. The largest absolute Gasteiger partial charge is 0.507 e. The number of benzene rings is 3. The van der Waals surface area contributed by atoms with Crippen LogP contribution in [0.25, 0.3) is 10.8 Å². The van der Waals surface area contributed by atoms with Gasteiger partial charge in [0.25, 0.3) is 0 Å². The minimum absolute atomic E-state index is 0.0507. The first-order chi connectivity index (χ1) is 12.6. The lowest BCUT2D eigenvalue weighted by molar-refractivity contribution is 0.101. The monoisotopic (exact) mass is 408 g/mol. The number of aromatic hydroxyl groups is 1. The van der Waals surface area contributed by atoms with Crippen molar-refractivity contribution < 1.29 is 14.7 Å². The van der Waals surface area contributed by atoms with Gasteiger partial charge in [-0.1, -0.05) is 58.4 Å². The van der Waals surface area contributed by atoms with Gasteiger partial charge in [0.05, 0.1) is 5.56 Å². The normalized spacial score (nSPS) is 13.4. The molecule has 0 spiro atoms. The van der Waals surface area contributed by atoms with Crippen molar-refractivity contribution in [2.75, 3.05) is 0 Å². The number of phenolic OH excluding ortho intramolecular Hbond substituents is 1.